The number of hydrogen-bond donors (Lipinski definition) is 2. The average molecular weight is 605 g/mol. The number of ether oxygens (including phenoxy) is 2. The summed E-state index contributed by atoms with van der Waals surface area (Å²) < 4.78 is 14.0. The van der Waals surface area contributed by atoms with E-state index < -0.39 is 6.10 Å². The van der Waals surface area contributed by atoms with Gasteiger partial charge in [0.15, 0.2) is 17.1 Å². The lowest BCUT2D eigenvalue weighted by atomic mass is 10.1. The molecule has 0 radical (unpaired) electrons. The van der Waals surface area contributed by atoms with Crippen molar-refractivity contribution in [1.82, 2.24) is 19.9 Å². The first-order valence-corrected chi connectivity index (χ1v) is 13.5. The number of carbonyl (C=O) groups excluding carboxylic acids is 1. The van der Waals surface area contributed by atoms with Gasteiger partial charge in [-0.25, -0.2) is 4.98 Å². The minimum absolute atomic E-state index is 0.174. The van der Waals surface area contributed by atoms with Crippen molar-refractivity contribution in [3.8, 4) is 22.8 Å². The topological polar surface area (TPSA) is 89.8 Å². The van der Waals surface area contributed by atoms with E-state index in [1.807, 2.05) is 72.8 Å². The zero-order valence-electron chi connectivity index (χ0n) is 20.6. The smallest absolute Gasteiger partial charge is 0.264 e. The number of amides is 1. The molecule has 0 spiro atoms. The van der Waals surface area contributed by atoms with E-state index in [9.17, 15) is 4.79 Å². The highest BCUT2D eigenvalue weighted by Gasteiger charge is 2.27. The maximum absolute atomic E-state index is 12.7. The summed E-state index contributed by atoms with van der Waals surface area (Å²) in [6.45, 7) is 1.08. The van der Waals surface area contributed by atoms with Crippen molar-refractivity contribution in [3.05, 3.63) is 106 Å². The third kappa shape index (κ3) is 5.41. The Labute approximate surface area is 238 Å². The van der Waals surface area contributed by atoms with Crippen LogP contribution in [-0.2, 0) is 17.9 Å². The largest absolute Gasteiger partial charge is 0.485 e. The van der Waals surface area contributed by atoms with Crippen molar-refractivity contribution in [3.63, 3.8) is 0 Å². The molecular weight excluding hydrogens is 582 g/mol. The Morgan fingerprint density at radius 1 is 1.00 bits per heavy atom. The number of anilines is 1. The van der Waals surface area contributed by atoms with Crippen LogP contribution < -0.4 is 20.1 Å². The molecule has 39 heavy (non-hydrogen) atoms. The van der Waals surface area contributed by atoms with Gasteiger partial charge in [0.05, 0.1) is 16.4 Å². The molecule has 0 aliphatic carbocycles. The van der Waals surface area contributed by atoms with Crippen LogP contribution in [0, 0.1) is 0 Å². The van der Waals surface area contributed by atoms with E-state index in [0.717, 1.165) is 32.7 Å². The molecule has 0 fully saturated rings. The van der Waals surface area contributed by atoms with Gasteiger partial charge in [-0.15, -0.1) is 0 Å². The van der Waals surface area contributed by atoms with E-state index >= 15 is 0 Å². The number of fused-ring (bicyclic) bond motifs is 2. The molecule has 1 aliphatic heterocycles. The van der Waals surface area contributed by atoms with Crippen molar-refractivity contribution in [2.24, 2.45) is 0 Å². The highest BCUT2D eigenvalue weighted by atomic mass is 79.9. The second-order valence-corrected chi connectivity index (χ2v) is 10.3. The Bertz CT molecular complexity index is 1670. The molecule has 0 bridgehead atoms. The summed E-state index contributed by atoms with van der Waals surface area (Å²) in [6.07, 6.45) is 1.02. The molecule has 5 aromatic rings. The first-order chi connectivity index (χ1) is 19.0. The maximum atomic E-state index is 12.7. The first kappa shape index (κ1) is 25.2. The van der Waals surface area contributed by atoms with Gasteiger partial charge in [0.25, 0.3) is 5.91 Å². The summed E-state index contributed by atoms with van der Waals surface area (Å²) in [5.41, 5.74) is 4.28. The van der Waals surface area contributed by atoms with Crippen LogP contribution in [0.5, 0.6) is 11.5 Å². The fourth-order valence-corrected chi connectivity index (χ4v) is 4.94. The van der Waals surface area contributed by atoms with Crippen LogP contribution in [0.15, 0.2) is 89.5 Å². The SMILES string of the molecule is O=C(NCc1cccc(CNc2cc(-c3ccccc3Cl)nc3c(Br)cnn23)c1)C1COc2ccccc2O1. The van der Waals surface area contributed by atoms with Gasteiger partial charge in [-0.3, -0.25) is 4.79 Å². The van der Waals surface area contributed by atoms with Gasteiger partial charge in [-0.2, -0.15) is 9.61 Å². The molecule has 2 aromatic heterocycles. The van der Waals surface area contributed by atoms with Gasteiger partial charge in [-0.1, -0.05) is 66.2 Å². The van der Waals surface area contributed by atoms with E-state index in [1.165, 1.54) is 0 Å². The summed E-state index contributed by atoms with van der Waals surface area (Å²) in [7, 11) is 0. The normalized spacial score (nSPS) is 14.3. The number of aromatic nitrogens is 3. The van der Waals surface area contributed by atoms with Crippen LogP contribution in [0.4, 0.5) is 5.82 Å². The predicted molar refractivity (Wildman–Crippen MR) is 153 cm³/mol. The lowest BCUT2D eigenvalue weighted by molar-refractivity contribution is -0.130. The standard InChI is InChI=1S/C29H23BrClN5O3/c30-21-16-34-36-27(13-23(35-28(21)36)20-8-1-2-9-22(20)31)32-14-18-6-5-7-19(12-18)15-33-29(37)26-17-38-24-10-3-4-11-25(24)39-26/h1-13,16,26,32H,14-15,17H2,(H,33,37). The molecular formula is C29H23BrClN5O3. The summed E-state index contributed by atoms with van der Waals surface area (Å²) in [4.78, 5) is 17.5. The highest BCUT2D eigenvalue weighted by molar-refractivity contribution is 9.10. The lowest BCUT2D eigenvalue weighted by Gasteiger charge is -2.25. The maximum Gasteiger partial charge on any atom is 0.264 e. The van der Waals surface area contributed by atoms with Gasteiger partial charge in [0.2, 0.25) is 6.10 Å². The van der Waals surface area contributed by atoms with Gasteiger partial charge in [0.1, 0.15) is 12.4 Å². The quantitative estimate of drug-likeness (QED) is 0.241. The van der Waals surface area contributed by atoms with E-state index in [1.54, 1.807) is 16.8 Å². The molecule has 1 unspecified atom stereocenters. The van der Waals surface area contributed by atoms with Crippen LogP contribution in [0.1, 0.15) is 11.1 Å². The molecule has 1 amide bonds. The van der Waals surface area contributed by atoms with E-state index in [-0.39, 0.29) is 12.5 Å². The zero-order valence-corrected chi connectivity index (χ0v) is 22.9. The molecule has 1 atom stereocenters. The van der Waals surface area contributed by atoms with Crippen molar-refractivity contribution >= 4 is 44.9 Å². The number of benzene rings is 3. The Hall–Kier alpha value is -4.08. The summed E-state index contributed by atoms with van der Waals surface area (Å²) >= 11 is 9.99. The number of carbonyl (C=O) groups is 1. The fraction of sp³-hybridized carbons (Fsp3) is 0.138. The van der Waals surface area contributed by atoms with Gasteiger partial charge in [-0.05, 0) is 45.3 Å². The molecule has 3 aromatic carbocycles. The van der Waals surface area contributed by atoms with Gasteiger partial charge in [0, 0.05) is 29.7 Å². The van der Waals surface area contributed by atoms with E-state index in [4.69, 9.17) is 26.1 Å². The third-order valence-electron chi connectivity index (χ3n) is 6.31. The molecule has 196 valence electrons. The van der Waals surface area contributed by atoms with Crippen molar-refractivity contribution < 1.29 is 14.3 Å². The molecule has 0 saturated heterocycles. The number of halogens is 2. The van der Waals surface area contributed by atoms with Crippen molar-refractivity contribution in [1.29, 1.82) is 0 Å². The number of nitrogens with one attached hydrogen (secondary N) is 2. The van der Waals surface area contributed by atoms with Crippen molar-refractivity contribution in [2.75, 3.05) is 11.9 Å². The summed E-state index contributed by atoms with van der Waals surface area (Å²) in [6, 6.07) is 24.9. The molecule has 3 heterocycles. The molecule has 10 heteroatoms. The second-order valence-electron chi connectivity index (χ2n) is 8.99. The Kier molecular flexibility index (Phi) is 7.08. The minimum atomic E-state index is -0.695. The van der Waals surface area contributed by atoms with Crippen molar-refractivity contribution in [2.45, 2.75) is 19.2 Å². The van der Waals surface area contributed by atoms with Gasteiger partial charge >= 0.3 is 0 Å². The van der Waals surface area contributed by atoms with Gasteiger partial charge < -0.3 is 20.1 Å². The third-order valence-corrected chi connectivity index (χ3v) is 7.20. The first-order valence-electron chi connectivity index (χ1n) is 12.3. The molecule has 1 aliphatic rings. The van der Waals surface area contributed by atoms with Crippen LogP contribution >= 0.6 is 27.5 Å². The molecule has 2 N–H and O–H groups in total. The number of hydrogen-bond acceptors (Lipinski definition) is 6. The summed E-state index contributed by atoms with van der Waals surface area (Å²) in [5, 5.41) is 11.5. The average Bonchev–Trinajstić information content (AvgIpc) is 3.35. The predicted octanol–water partition coefficient (Wildman–Crippen LogP) is 5.88. The Morgan fingerprint density at radius 3 is 2.62 bits per heavy atom. The highest BCUT2D eigenvalue weighted by Crippen LogP contribution is 2.32. The van der Waals surface area contributed by atoms with Crippen LogP contribution in [0.25, 0.3) is 16.9 Å². The monoisotopic (exact) mass is 603 g/mol. The number of para-hydroxylation sites is 2. The minimum Gasteiger partial charge on any atom is -0.485 e. The second kappa shape index (κ2) is 11.0. The number of rotatable bonds is 7. The lowest BCUT2D eigenvalue weighted by Crippen LogP contribution is -2.43. The number of nitrogens with zero attached hydrogens (tertiary/aromatic N) is 3. The summed E-state index contributed by atoms with van der Waals surface area (Å²) in [5.74, 6) is 1.77. The van der Waals surface area contributed by atoms with E-state index in [2.05, 4.69) is 31.7 Å². The Morgan fingerprint density at radius 2 is 1.77 bits per heavy atom. The van der Waals surface area contributed by atoms with Crippen LogP contribution in [0.3, 0.4) is 0 Å². The van der Waals surface area contributed by atoms with Crippen LogP contribution in [0.2, 0.25) is 5.02 Å². The zero-order chi connectivity index (χ0) is 26.8. The van der Waals surface area contributed by atoms with Crippen LogP contribution in [-0.4, -0.2) is 33.2 Å². The van der Waals surface area contributed by atoms with E-state index in [0.29, 0.717) is 35.3 Å². The molecule has 6 rings (SSSR count). The molecule has 0 saturated carbocycles. The molecule has 8 nitrogen and oxygen atoms in total. The fourth-order valence-electron chi connectivity index (χ4n) is 4.36. The Balaban J connectivity index is 1.14.